The van der Waals surface area contributed by atoms with Crippen molar-refractivity contribution in [3.8, 4) is 0 Å². The highest BCUT2D eigenvalue weighted by molar-refractivity contribution is 7.17. The average molecular weight is 242 g/mol. The Balaban J connectivity index is 3.04. The van der Waals surface area contributed by atoms with Crippen LogP contribution in [0.15, 0.2) is 0 Å². The normalized spacial score (nSPS) is 11.2. The van der Waals surface area contributed by atoms with Crippen LogP contribution in [0.3, 0.4) is 0 Å². The van der Waals surface area contributed by atoms with E-state index in [0.29, 0.717) is 0 Å². The number of anilines is 1. The fourth-order valence-electron chi connectivity index (χ4n) is 1.04. The highest BCUT2D eigenvalue weighted by Gasteiger charge is 2.25. The molecule has 0 spiro atoms. The Kier molecular flexibility index (Phi) is 3.32. The van der Waals surface area contributed by atoms with Crippen LogP contribution in [-0.2, 0) is 4.74 Å². The van der Waals surface area contributed by atoms with Crippen LogP contribution < -0.4 is 5.73 Å². The number of Topliss-reactive ketones (excluding diaryl/α,β-unsaturated/α-hetero) is 1. The summed E-state index contributed by atoms with van der Waals surface area (Å²) in [6.07, 6.45) is 0. The highest BCUT2D eigenvalue weighted by atomic mass is 32.1. The third kappa shape index (κ3) is 3.03. The largest absolute Gasteiger partial charge is 0.455 e. The number of carbonyl (C=O) groups is 2. The Morgan fingerprint density at radius 2 is 1.94 bits per heavy atom. The van der Waals surface area contributed by atoms with Crippen molar-refractivity contribution in [1.82, 2.24) is 4.98 Å². The molecule has 0 aliphatic carbocycles. The highest BCUT2D eigenvalue weighted by Crippen LogP contribution is 2.23. The molecule has 0 unspecified atom stereocenters. The van der Waals surface area contributed by atoms with Gasteiger partial charge in [-0.15, -0.1) is 0 Å². The van der Waals surface area contributed by atoms with Gasteiger partial charge in [-0.2, -0.15) is 0 Å². The van der Waals surface area contributed by atoms with Crippen molar-refractivity contribution in [3.05, 3.63) is 10.6 Å². The van der Waals surface area contributed by atoms with E-state index in [1.165, 1.54) is 6.92 Å². The number of hydrogen-bond donors (Lipinski definition) is 1. The minimum atomic E-state index is -0.622. The predicted molar refractivity (Wildman–Crippen MR) is 61.7 cm³/mol. The van der Waals surface area contributed by atoms with Gasteiger partial charge in [0.15, 0.2) is 16.6 Å². The Morgan fingerprint density at radius 3 is 2.38 bits per heavy atom. The van der Waals surface area contributed by atoms with E-state index >= 15 is 0 Å². The first-order valence-electron chi connectivity index (χ1n) is 4.71. The van der Waals surface area contributed by atoms with E-state index in [0.717, 1.165) is 11.3 Å². The molecule has 1 aromatic heterocycles. The number of nitrogens with two attached hydrogens (primary N) is 1. The van der Waals surface area contributed by atoms with E-state index < -0.39 is 11.6 Å². The van der Waals surface area contributed by atoms with Gasteiger partial charge in [0.1, 0.15) is 10.5 Å². The van der Waals surface area contributed by atoms with E-state index in [-0.39, 0.29) is 21.5 Å². The van der Waals surface area contributed by atoms with Gasteiger partial charge in [0.25, 0.3) is 0 Å². The third-order valence-corrected chi connectivity index (χ3v) is 2.54. The Hall–Kier alpha value is -1.43. The number of rotatable bonds is 2. The summed E-state index contributed by atoms with van der Waals surface area (Å²) >= 11 is 0.993. The summed E-state index contributed by atoms with van der Waals surface area (Å²) in [4.78, 5) is 27.0. The number of ether oxygens (including phenoxy) is 1. The molecule has 6 heteroatoms. The minimum absolute atomic E-state index is 0.00456. The molecule has 0 aromatic carbocycles. The number of ketones is 1. The van der Waals surface area contributed by atoms with Crippen molar-refractivity contribution in [2.24, 2.45) is 0 Å². The molecular weight excluding hydrogens is 228 g/mol. The summed E-state index contributed by atoms with van der Waals surface area (Å²) in [5.74, 6) is -0.860. The van der Waals surface area contributed by atoms with Gasteiger partial charge >= 0.3 is 5.97 Å². The zero-order valence-electron chi connectivity index (χ0n) is 9.66. The summed E-state index contributed by atoms with van der Waals surface area (Å²) in [7, 11) is 0. The smallest absolute Gasteiger partial charge is 0.359 e. The first-order chi connectivity index (χ1) is 7.20. The average Bonchev–Trinajstić information content (AvgIpc) is 2.44. The van der Waals surface area contributed by atoms with Crippen LogP contribution in [-0.4, -0.2) is 22.3 Å². The maximum atomic E-state index is 11.7. The van der Waals surface area contributed by atoms with Crippen LogP contribution in [0.5, 0.6) is 0 Å². The number of nitrogen functional groups attached to an aromatic ring is 1. The van der Waals surface area contributed by atoms with Crippen LogP contribution in [0.2, 0.25) is 0 Å². The van der Waals surface area contributed by atoms with E-state index in [2.05, 4.69) is 4.98 Å². The van der Waals surface area contributed by atoms with E-state index in [4.69, 9.17) is 10.5 Å². The van der Waals surface area contributed by atoms with Gasteiger partial charge in [0, 0.05) is 6.92 Å². The van der Waals surface area contributed by atoms with E-state index in [9.17, 15) is 9.59 Å². The Bertz CT molecular complexity index is 432. The molecule has 0 saturated carbocycles. The first kappa shape index (κ1) is 12.6. The van der Waals surface area contributed by atoms with Gasteiger partial charge < -0.3 is 10.5 Å². The van der Waals surface area contributed by atoms with Crippen molar-refractivity contribution in [3.63, 3.8) is 0 Å². The molecule has 1 heterocycles. The molecule has 1 rings (SSSR count). The molecular formula is C10H14N2O3S. The molecule has 0 atom stereocenters. The van der Waals surface area contributed by atoms with Crippen LogP contribution in [0.25, 0.3) is 0 Å². The lowest BCUT2D eigenvalue weighted by atomic mass is 10.2. The van der Waals surface area contributed by atoms with Gasteiger partial charge in [-0.05, 0) is 20.8 Å². The maximum Gasteiger partial charge on any atom is 0.359 e. The molecule has 1 aromatic rings. The van der Waals surface area contributed by atoms with Crippen molar-refractivity contribution < 1.29 is 14.3 Å². The molecule has 0 radical (unpaired) electrons. The Morgan fingerprint density at radius 1 is 1.38 bits per heavy atom. The number of esters is 1. The molecule has 0 saturated heterocycles. The predicted octanol–water partition coefficient (Wildman–Crippen LogP) is 1.88. The second-order valence-electron chi connectivity index (χ2n) is 4.29. The number of carbonyl (C=O) groups excluding carboxylic acids is 2. The minimum Gasteiger partial charge on any atom is -0.455 e. The molecule has 2 N–H and O–H groups in total. The molecule has 0 bridgehead atoms. The fraction of sp³-hybridized carbons (Fsp3) is 0.500. The molecule has 0 aliphatic heterocycles. The van der Waals surface area contributed by atoms with Crippen LogP contribution in [0.4, 0.5) is 5.13 Å². The lowest BCUT2D eigenvalue weighted by Crippen LogP contribution is -2.25. The molecule has 0 fully saturated rings. The second kappa shape index (κ2) is 4.21. The lowest BCUT2D eigenvalue weighted by molar-refractivity contribution is 0.00622. The topological polar surface area (TPSA) is 82.3 Å². The SMILES string of the molecule is CC(=O)c1sc(N)nc1C(=O)OC(C)(C)C. The fourth-order valence-corrected chi connectivity index (χ4v) is 1.76. The van der Waals surface area contributed by atoms with Gasteiger partial charge in [0.05, 0.1) is 0 Å². The van der Waals surface area contributed by atoms with Crippen LogP contribution in [0, 0.1) is 0 Å². The molecule has 88 valence electrons. The zero-order chi connectivity index (χ0) is 12.5. The van der Waals surface area contributed by atoms with Crippen molar-refractivity contribution in [1.29, 1.82) is 0 Å². The lowest BCUT2D eigenvalue weighted by Gasteiger charge is -2.18. The van der Waals surface area contributed by atoms with Crippen molar-refractivity contribution in [2.75, 3.05) is 5.73 Å². The van der Waals surface area contributed by atoms with Gasteiger partial charge in [0.2, 0.25) is 0 Å². The summed E-state index contributed by atoms with van der Waals surface area (Å²) < 4.78 is 5.13. The van der Waals surface area contributed by atoms with Crippen LogP contribution >= 0.6 is 11.3 Å². The quantitative estimate of drug-likeness (QED) is 0.632. The van der Waals surface area contributed by atoms with Gasteiger partial charge in [-0.3, -0.25) is 4.79 Å². The monoisotopic (exact) mass is 242 g/mol. The number of thiazole rings is 1. The summed E-state index contributed by atoms with van der Waals surface area (Å²) in [5.41, 5.74) is 4.85. The third-order valence-electron chi connectivity index (χ3n) is 1.56. The summed E-state index contributed by atoms with van der Waals surface area (Å²) in [6, 6.07) is 0. The standard InChI is InChI=1S/C10H14N2O3S/c1-5(13)7-6(12-9(11)16-7)8(14)15-10(2,3)4/h1-4H3,(H2,11,12). The van der Waals surface area contributed by atoms with Crippen molar-refractivity contribution in [2.45, 2.75) is 33.3 Å². The number of nitrogens with zero attached hydrogens (tertiary/aromatic N) is 1. The van der Waals surface area contributed by atoms with Gasteiger partial charge in [-0.1, -0.05) is 11.3 Å². The van der Waals surface area contributed by atoms with Gasteiger partial charge in [-0.25, -0.2) is 9.78 Å². The summed E-state index contributed by atoms with van der Waals surface area (Å²) in [5, 5.41) is 0.186. The second-order valence-corrected chi connectivity index (χ2v) is 5.32. The van der Waals surface area contributed by atoms with Crippen molar-refractivity contribution >= 4 is 28.2 Å². The molecule has 0 amide bonds. The molecule has 5 nitrogen and oxygen atoms in total. The maximum absolute atomic E-state index is 11.7. The zero-order valence-corrected chi connectivity index (χ0v) is 10.5. The number of hydrogen-bond acceptors (Lipinski definition) is 6. The van der Waals surface area contributed by atoms with E-state index in [1.54, 1.807) is 20.8 Å². The van der Waals surface area contributed by atoms with E-state index in [1.807, 2.05) is 0 Å². The van der Waals surface area contributed by atoms with Crippen LogP contribution in [0.1, 0.15) is 47.9 Å². The molecule has 0 aliphatic rings. The summed E-state index contributed by atoms with van der Waals surface area (Å²) in [6.45, 7) is 6.59. The molecule has 16 heavy (non-hydrogen) atoms. The Labute approximate surface area is 97.6 Å². The first-order valence-corrected chi connectivity index (χ1v) is 5.53. The number of aromatic nitrogens is 1.